The molecule has 0 radical (unpaired) electrons. The van der Waals surface area contributed by atoms with E-state index in [0.29, 0.717) is 59.5 Å². The maximum absolute atomic E-state index is 6.36. The zero-order valence-corrected chi connectivity index (χ0v) is 25.8. The molecule has 236 valence electrons. The summed E-state index contributed by atoms with van der Waals surface area (Å²) >= 11 is 0. The number of ether oxygens (including phenoxy) is 6. The second-order valence-electron chi connectivity index (χ2n) is 11.5. The van der Waals surface area contributed by atoms with Crippen LogP contribution in [0, 0.1) is 0 Å². The lowest BCUT2D eigenvalue weighted by Gasteiger charge is -2.25. The number of fused-ring (bicyclic) bond motifs is 3. The average Bonchev–Trinajstić information content (AvgIpc) is 3.40. The van der Waals surface area contributed by atoms with E-state index in [0.717, 1.165) is 24.1 Å². The van der Waals surface area contributed by atoms with Gasteiger partial charge in [0, 0.05) is 35.0 Å². The Hall–Kier alpha value is -3.56. The number of para-hydroxylation sites is 2. The first-order chi connectivity index (χ1) is 22.3. The van der Waals surface area contributed by atoms with Crippen LogP contribution in [0.4, 0.5) is 0 Å². The Morgan fingerprint density at radius 3 is 1.36 bits per heavy atom. The standard InChI is InChI=1S/C38H43NO6/c1-3-12-30(13-4-1)22-44-33-26-40-24-32(25-41-27-34(29-42-28-33)45-23-31-14-5-2-6-15-31)43-21-11-20-39-37-18-9-7-16-35(37)36-17-8-10-19-38(36)39/h1-10,12-19,32-34H,11,20-29H2. The Morgan fingerprint density at radius 1 is 0.489 bits per heavy atom. The Morgan fingerprint density at radius 2 is 0.889 bits per heavy atom. The maximum Gasteiger partial charge on any atom is 0.105 e. The van der Waals surface area contributed by atoms with E-state index in [4.69, 9.17) is 28.4 Å². The second kappa shape index (κ2) is 16.7. The minimum atomic E-state index is -0.212. The van der Waals surface area contributed by atoms with E-state index < -0.39 is 0 Å². The zero-order valence-electron chi connectivity index (χ0n) is 25.8. The first kappa shape index (κ1) is 31.4. The molecule has 0 spiro atoms. The Kier molecular flexibility index (Phi) is 11.6. The molecule has 2 heterocycles. The molecular formula is C38H43NO6. The first-order valence-electron chi connectivity index (χ1n) is 16.0. The molecule has 1 aliphatic rings. The summed E-state index contributed by atoms with van der Waals surface area (Å²) in [4.78, 5) is 0. The number of aromatic nitrogens is 1. The van der Waals surface area contributed by atoms with Crippen LogP contribution in [0.5, 0.6) is 0 Å². The summed E-state index contributed by atoms with van der Waals surface area (Å²) in [5.74, 6) is 0. The summed E-state index contributed by atoms with van der Waals surface area (Å²) < 4.78 is 39.5. The highest BCUT2D eigenvalue weighted by atomic mass is 16.6. The SMILES string of the molecule is c1ccc(COC2COCC(OCCCn3c4ccccc4c4ccccc43)COCC(OCc3ccccc3)COC2)cc1. The molecule has 2 atom stereocenters. The van der Waals surface area contributed by atoms with E-state index in [1.165, 1.54) is 21.8 Å². The van der Waals surface area contributed by atoms with E-state index in [-0.39, 0.29) is 18.3 Å². The van der Waals surface area contributed by atoms with E-state index >= 15 is 0 Å². The van der Waals surface area contributed by atoms with Gasteiger partial charge >= 0.3 is 0 Å². The molecule has 7 nitrogen and oxygen atoms in total. The number of rotatable bonds is 11. The number of hydrogen-bond donors (Lipinski definition) is 0. The molecule has 0 N–H and O–H groups in total. The predicted octanol–water partition coefficient (Wildman–Crippen LogP) is 6.80. The molecule has 7 heteroatoms. The molecule has 0 bridgehead atoms. The smallest absolute Gasteiger partial charge is 0.105 e. The summed E-state index contributed by atoms with van der Waals surface area (Å²) in [5, 5.41) is 2.57. The van der Waals surface area contributed by atoms with Crippen LogP contribution in [-0.2, 0) is 48.2 Å². The lowest BCUT2D eigenvalue weighted by molar-refractivity contribution is -0.133. The van der Waals surface area contributed by atoms with E-state index in [1.807, 2.05) is 36.4 Å². The monoisotopic (exact) mass is 609 g/mol. The molecule has 1 fully saturated rings. The Balaban J connectivity index is 1.06. The van der Waals surface area contributed by atoms with E-state index in [9.17, 15) is 0 Å². The molecular weight excluding hydrogens is 566 g/mol. The third-order valence-corrected chi connectivity index (χ3v) is 8.04. The van der Waals surface area contributed by atoms with Gasteiger partial charge in [0.15, 0.2) is 0 Å². The van der Waals surface area contributed by atoms with Gasteiger partial charge in [0.1, 0.15) is 18.3 Å². The quantitative estimate of drug-likeness (QED) is 0.154. The second-order valence-corrected chi connectivity index (χ2v) is 11.5. The summed E-state index contributed by atoms with van der Waals surface area (Å²) in [6, 6.07) is 37.5. The minimum absolute atomic E-state index is 0.201. The van der Waals surface area contributed by atoms with Crippen molar-refractivity contribution in [2.45, 2.75) is 44.5 Å². The van der Waals surface area contributed by atoms with Gasteiger partial charge in [-0.05, 0) is 29.7 Å². The van der Waals surface area contributed by atoms with Crippen LogP contribution in [-0.4, -0.2) is 69.1 Å². The molecule has 4 aromatic carbocycles. The molecule has 0 aliphatic carbocycles. The van der Waals surface area contributed by atoms with Crippen LogP contribution in [0.25, 0.3) is 21.8 Å². The number of benzene rings is 4. The number of aryl methyl sites for hydroxylation is 1. The van der Waals surface area contributed by atoms with Gasteiger partial charge in [-0.25, -0.2) is 0 Å². The van der Waals surface area contributed by atoms with Gasteiger partial charge in [-0.1, -0.05) is 97.1 Å². The molecule has 45 heavy (non-hydrogen) atoms. The third kappa shape index (κ3) is 9.01. The van der Waals surface area contributed by atoms with Crippen molar-refractivity contribution in [2.24, 2.45) is 0 Å². The van der Waals surface area contributed by atoms with Crippen LogP contribution in [0.2, 0.25) is 0 Å². The number of nitrogens with zero attached hydrogens (tertiary/aromatic N) is 1. The summed E-state index contributed by atoms with van der Waals surface area (Å²) in [6.45, 7) is 4.91. The fourth-order valence-corrected chi connectivity index (χ4v) is 5.72. The topological polar surface area (TPSA) is 60.3 Å². The van der Waals surface area contributed by atoms with Crippen molar-refractivity contribution in [3.8, 4) is 0 Å². The van der Waals surface area contributed by atoms with Gasteiger partial charge in [0.25, 0.3) is 0 Å². The van der Waals surface area contributed by atoms with Crippen molar-refractivity contribution in [1.29, 1.82) is 0 Å². The van der Waals surface area contributed by atoms with Gasteiger partial charge < -0.3 is 33.0 Å². The molecule has 0 amide bonds. The largest absolute Gasteiger partial charge is 0.376 e. The molecule has 0 saturated carbocycles. The van der Waals surface area contributed by atoms with Crippen LogP contribution in [0.15, 0.2) is 109 Å². The van der Waals surface area contributed by atoms with Gasteiger partial charge in [-0.15, -0.1) is 0 Å². The maximum atomic E-state index is 6.36. The highest BCUT2D eigenvalue weighted by Gasteiger charge is 2.20. The molecule has 1 aromatic heterocycles. The summed E-state index contributed by atoms with van der Waals surface area (Å²) in [5.41, 5.74) is 4.74. The lowest BCUT2D eigenvalue weighted by atomic mass is 10.2. The van der Waals surface area contributed by atoms with E-state index in [1.54, 1.807) is 0 Å². The fraction of sp³-hybridized carbons (Fsp3) is 0.368. The van der Waals surface area contributed by atoms with Crippen LogP contribution < -0.4 is 0 Å². The van der Waals surface area contributed by atoms with Crippen molar-refractivity contribution < 1.29 is 28.4 Å². The van der Waals surface area contributed by atoms with Crippen LogP contribution in [0.1, 0.15) is 17.5 Å². The summed E-state index contributed by atoms with van der Waals surface area (Å²) in [7, 11) is 0. The van der Waals surface area contributed by atoms with Gasteiger partial charge in [0.05, 0.1) is 52.9 Å². The van der Waals surface area contributed by atoms with Gasteiger partial charge in [-0.2, -0.15) is 0 Å². The van der Waals surface area contributed by atoms with E-state index in [2.05, 4.69) is 77.4 Å². The van der Waals surface area contributed by atoms with Crippen LogP contribution in [0.3, 0.4) is 0 Å². The van der Waals surface area contributed by atoms with Crippen LogP contribution >= 0.6 is 0 Å². The van der Waals surface area contributed by atoms with Crippen molar-refractivity contribution in [2.75, 3.05) is 46.2 Å². The first-order valence-corrected chi connectivity index (χ1v) is 16.0. The molecule has 1 saturated heterocycles. The average molecular weight is 610 g/mol. The van der Waals surface area contributed by atoms with Gasteiger partial charge in [-0.3, -0.25) is 0 Å². The third-order valence-electron chi connectivity index (χ3n) is 8.04. The Bertz CT molecular complexity index is 1460. The predicted molar refractivity (Wildman–Crippen MR) is 176 cm³/mol. The molecule has 1 aliphatic heterocycles. The van der Waals surface area contributed by atoms with Crippen molar-refractivity contribution in [1.82, 2.24) is 4.57 Å². The number of hydrogen-bond acceptors (Lipinski definition) is 6. The fourth-order valence-electron chi connectivity index (χ4n) is 5.72. The summed E-state index contributed by atoms with van der Waals surface area (Å²) in [6.07, 6.45) is 0.249. The Labute approximate surface area is 265 Å². The highest BCUT2D eigenvalue weighted by Crippen LogP contribution is 2.28. The highest BCUT2D eigenvalue weighted by molar-refractivity contribution is 6.07. The molecule has 5 aromatic rings. The lowest BCUT2D eigenvalue weighted by Crippen LogP contribution is -2.35. The van der Waals surface area contributed by atoms with Crippen molar-refractivity contribution in [3.63, 3.8) is 0 Å². The minimum Gasteiger partial charge on any atom is -0.376 e. The normalized spacial score (nSPS) is 20.1. The van der Waals surface area contributed by atoms with Gasteiger partial charge in [0.2, 0.25) is 0 Å². The molecule has 2 unspecified atom stereocenters. The molecule has 6 rings (SSSR count). The zero-order chi connectivity index (χ0) is 30.5. The van der Waals surface area contributed by atoms with Crippen molar-refractivity contribution in [3.05, 3.63) is 120 Å². The van der Waals surface area contributed by atoms with Crippen molar-refractivity contribution >= 4 is 21.8 Å².